The molecule has 1 fully saturated rings. The maximum Gasteiger partial charge on any atom is 0.263 e. The minimum absolute atomic E-state index is 0.0340. The molecule has 1 amide bonds. The number of ether oxygens (including phenoxy) is 1. The molecule has 19 heavy (non-hydrogen) atoms. The Kier molecular flexibility index (Phi) is 4.82. The van der Waals surface area contributed by atoms with Crippen LogP contribution in [0.2, 0.25) is 0 Å². The van der Waals surface area contributed by atoms with Gasteiger partial charge in [-0.15, -0.1) is 0 Å². The summed E-state index contributed by atoms with van der Waals surface area (Å²) in [7, 11) is 0. The van der Waals surface area contributed by atoms with E-state index in [9.17, 15) is 4.79 Å². The van der Waals surface area contributed by atoms with Crippen molar-refractivity contribution in [2.24, 2.45) is 11.7 Å². The van der Waals surface area contributed by atoms with Crippen LogP contribution in [0.3, 0.4) is 0 Å². The summed E-state index contributed by atoms with van der Waals surface area (Å²) in [5.74, 6) is 1.16. The van der Waals surface area contributed by atoms with Crippen LogP contribution in [0.4, 0.5) is 0 Å². The summed E-state index contributed by atoms with van der Waals surface area (Å²) in [6.07, 6.45) is 0.513. The van der Waals surface area contributed by atoms with Gasteiger partial charge in [0, 0.05) is 13.1 Å². The summed E-state index contributed by atoms with van der Waals surface area (Å²) in [6, 6.07) is 7.54. The fourth-order valence-electron chi connectivity index (χ4n) is 2.26. The standard InChI is InChI=1S/C14H19BrN2O2/c1-10(19-13-5-3-2-4-12(13)15)14(18)17-7-6-11(8-16)9-17/h2-5,10-11H,6-9,16H2,1H3/t10-,11+/m0/s1. The van der Waals surface area contributed by atoms with Crippen LogP contribution in [0.25, 0.3) is 0 Å². The number of halogens is 1. The normalized spacial score (nSPS) is 20.4. The third-order valence-corrected chi connectivity index (χ3v) is 4.07. The fourth-order valence-corrected chi connectivity index (χ4v) is 2.64. The molecule has 0 radical (unpaired) electrons. The van der Waals surface area contributed by atoms with Gasteiger partial charge in [-0.05, 0) is 53.9 Å². The lowest BCUT2D eigenvalue weighted by Gasteiger charge is -2.22. The first-order valence-corrected chi connectivity index (χ1v) is 7.31. The van der Waals surface area contributed by atoms with Crippen molar-refractivity contribution >= 4 is 21.8 Å². The molecule has 0 saturated carbocycles. The second-order valence-corrected chi connectivity index (χ2v) is 5.72. The third-order valence-electron chi connectivity index (χ3n) is 3.42. The number of nitrogens with two attached hydrogens (primary N) is 1. The van der Waals surface area contributed by atoms with Crippen LogP contribution in [-0.2, 0) is 4.79 Å². The Bertz CT molecular complexity index is 453. The van der Waals surface area contributed by atoms with Gasteiger partial charge in [-0.1, -0.05) is 12.1 Å². The third kappa shape index (κ3) is 3.48. The Balaban J connectivity index is 1.95. The van der Waals surface area contributed by atoms with E-state index in [1.807, 2.05) is 29.2 Å². The van der Waals surface area contributed by atoms with Gasteiger partial charge in [0.1, 0.15) is 5.75 Å². The Morgan fingerprint density at radius 3 is 2.95 bits per heavy atom. The van der Waals surface area contributed by atoms with Crippen molar-refractivity contribution in [2.45, 2.75) is 19.4 Å². The lowest BCUT2D eigenvalue weighted by atomic mass is 10.1. The second kappa shape index (κ2) is 6.39. The first-order valence-electron chi connectivity index (χ1n) is 6.52. The molecule has 104 valence electrons. The van der Waals surface area contributed by atoms with Crippen LogP contribution in [0.1, 0.15) is 13.3 Å². The van der Waals surface area contributed by atoms with Crippen LogP contribution in [-0.4, -0.2) is 36.5 Å². The number of rotatable bonds is 4. The first-order chi connectivity index (χ1) is 9.11. The number of amides is 1. The molecule has 0 spiro atoms. The number of para-hydroxylation sites is 1. The highest BCUT2D eigenvalue weighted by Gasteiger charge is 2.29. The van der Waals surface area contributed by atoms with Gasteiger partial charge >= 0.3 is 0 Å². The van der Waals surface area contributed by atoms with Crippen molar-refractivity contribution in [2.75, 3.05) is 19.6 Å². The Morgan fingerprint density at radius 2 is 2.32 bits per heavy atom. The Hall–Kier alpha value is -1.07. The number of nitrogens with zero attached hydrogens (tertiary/aromatic N) is 1. The molecular weight excluding hydrogens is 308 g/mol. The summed E-state index contributed by atoms with van der Waals surface area (Å²) < 4.78 is 6.58. The van der Waals surface area contributed by atoms with E-state index in [2.05, 4.69) is 15.9 Å². The summed E-state index contributed by atoms with van der Waals surface area (Å²) in [5, 5.41) is 0. The zero-order valence-electron chi connectivity index (χ0n) is 11.0. The molecule has 0 aromatic heterocycles. The number of likely N-dealkylation sites (tertiary alicyclic amines) is 1. The quantitative estimate of drug-likeness (QED) is 0.921. The van der Waals surface area contributed by atoms with Crippen LogP contribution < -0.4 is 10.5 Å². The maximum atomic E-state index is 12.3. The van der Waals surface area contributed by atoms with Gasteiger partial charge in [0.05, 0.1) is 4.47 Å². The average molecular weight is 327 g/mol. The second-order valence-electron chi connectivity index (χ2n) is 4.87. The van der Waals surface area contributed by atoms with E-state index >= 15 is 0 Å². The Morgan fingerprint density at radius 1 is 1.58 bits per heavy atom. The van der Waals surface area contributed by atoms with Crippen molar-refractivity contribution < 1.29 is 9.53 Å². The molecule has 2 N–H and O–H groups in total. The van der Waals surface area contributed by atoms with Gasteiger partial charge < -0.3 is 15.4 Å². The zero-order chi connectivity index (χ0) is 13.8. The molecule has 0 bridgehead atoms. The monoisotopic (exact) mass is 326 g/mol. The molecule has 1 heterocycles. The van der Waals surface area contributed by atoms with E-state index in [0.29, 0.717) is 18.2 Å². The number of carbonyl (C=O) groups excluding carboxylic acids is 1. The fraction of sp³-hybridized carbons (Fsp3) is 0.500. The van der Waals surface area contributed by atoms with Gasteiger partial charge in [-0.2, -0.15) is 0 Å². The maximum absolute atomic E-state index is 12.3. The minimum atomic E-state index is -0.477. The van der Waals surface area contributed by atoms with Gasteiger partial charge in [0.25, 0.3) is 5.91 Å². The SMILES string of the molecule is C[C@H](Oc1ccccc1Br)C(=O)N1CC[C@H](CN)C1. The van der Waals surface area contributed by atoms with Crippen molar-refractivity contribution in [3.8, 4) is 5.75 Å². The van der Waals surface area contributed by atoms with Crippen LogP contribution in [0.15, 0.2) is 28.7 Å². The molecule has 0 aliphatic carbocycles. The van der Waals surface area contributed by atoms with E-state index < -0.39 is 6.10 Å². The molecule has 1 aromatic carbocycles. The van der Waals surface area contributed by atoms with Crippen LogP contribution >= 0.6 is 15.9 Å². The van der Waals surface area contributed by atoms with E-state index in [-0.39, 0.29) is 5.91 Å². The number of carbonyl (C=O) groups is 1. The number of benzene rings is 1. The molecule has 1 saturated heterocycles. The van der Waals surface area contributed by atoms with Crippen molar-refractivity contribution in [1.29, 1.82) is 0 Å². The summed E-state index contributed by atoms with van der Waals surface area (Å²) in [6.45, 7) is 3.96. The molecular formula is C14H19BrN2O2. The van der Waals surface area contributed by atoms with Crippen molar-refractivity contribution in [3.63, 3.8) is 0 Å². The largest absolute Gasteiger partial charge is 0.480 e. The van der Waals surface area contributed by atoms with Gasteiger partial charge in [0.2, 0.25) is 0 Å². The highest BCUT2D eigenvalue weighted by molar-refractivity contribution is 9.10. The van der Waals surface area contributed by atoms with E-state index in [4.69, 9.17) is 10.5 Å². The molecule has 1 aliphatic rings. The van der Waals surface area contributed by atoms with Gasteiger partial charge in [0.15, 0.2) is 6.10 Å². The average Bonchev–Trinajstić information content (AvgIpc) is 2.89. The summed E-state index contributed by atoms with van der Waals surface area (Å²) in [4.78, 5) is 14.1. The highest BCUT2D eigenvalue weighted by atomic mass is 79.9. The van der Waals surface area contributed by atoms with E-state index in [1.54, 1.807) is 6.92 Å². The highest BCUT2D eigenvalue weighted by Crippen LogP contribution is 2.25. The number of hydrogen-bond acceptors (Lipinski definition) is 3. The molecule has 0 unspecified atom stereocenters. The van der Waals surface area contributed by atoms with Crippen molar-refractivity contribution in [3.05, 3.63) is 28.7 Å². The summed E-state index contributed by atoms with van der Waals surface area (Å²) >= 11 is 3.41. The van der Waals surface area contributed by atoms with Gasteiger partial charge in [-0.25, -0.2) is 0 Å². The van der Waals surface area contributed by atoms with E-state index in [1.165, 1.54) is 0 Å². The lowest BCUT2D eigenvalue weighted by molar-refractivity contribution is -0.137. The lowest BCUT2D eigenvalue weighted by Crippen LogP contribution is -2.39. The van der Waals surface area contributed by atoms with Crippen LogP contribution in [0.5, 0.6) is 5.75 Å². The molecule has 2 rings (SSSR count). The topological polar surface area (TPSA) is 55.6 Å². The van der Waals surface area contributed by atoms with E-state index in [0.717, 1.165) is 24.0 Å². The minimum Gasteiger partial charge on any atom is -0.480 e. The van der Waals surface area contributed by atoms with Gasteiger partial charge in [-0.3, -0.25) is 4.79 Å². The molecule has 1 aromatic rings. The molecule has 4 nitrogen and oxygen atoms in total. The molecule has 2 atom stereocenters. The smallest absolute Gasteiger partial charge is 0.263 e. The zero-order valence-corrected chi connectivity index (χ0v) is 12.6. The predicted octanol–water partition coefficient (Wildman–Crippen LogP) is 2.02. The molecule has 1 aliphatic heterocycles. The Labute approximate surface area is 122 Å². The number of hydrogen-bond donors (Lipinski definition) is 1. The summed E-state index contributed by atoms with van der Waals surface area (Å²) in [5.41, 5.74) is 5.64. The first kappa shape index (κ1) is 14.3. The molecule has 5 heteroatoms. The van der Waals surface area contributed by atoms with Crippen LogP contribution in [0, 0.1) is 5.92 Å². The predicted molar refractivity (Wildman–Crippen MR) is 78.0 cm³/mol. The van der Waals surface area contributed by atoms with Crippen molar-refractivity contribution in [1.82, 2.24) is 4.90 Å².